The van der Waals surface area contributed by atoms with Crippen LogP contribution in [0.5, 0.6) is 0 Å². The Kier molecular flexibility index (Phi) is 6.56. The number of halogens is 1. The second-order valence-corrected chi connectivity index (χ2v) is 9.70. The maximum Gasteiger partial charge on any atom is 0.157 e. The summed E-state index contributed by atoms with van der Waals surface area (Å²) in [6.45, 7) is 6.84. The number of H-pyrrole nitrogens is 1. The second-order valence-electron chi connectivity index (χ2n) is 9.70. The van der Waals surface area contributed by atoms with E-state index in [0.717, 1.165) is 59.4 Å². The van der Waals surface area contributed by atoms with Gasteiger partial charge in [0.05, 0.1) is 17.2 Å². The average molecular weight is 504 g/mol. The van der Waals surface area contributed by atoms with Gasteiger partial charge in [-0.1, -0.05) is 50.2 Å². The van der Waals surface area contributed by atoms with Gasteiger partial charge in [-0.25, -0.2) is 9.37 Å². The summed E-state index contributed by atoms with van der Waals surface area (Å²) in [5.74, 6) is 0.424. The second kappa shape index (κ2) is 10.3. The molecule has 190 valence electrons. The van der Waals surface area contributed by atoms with Crippen LogP contribution in [0.15, 0.2) is 78.0 Å². The summed E-state index contributed by atoms with van der Waals surface area (Å²) in [7, 11) is 0. The first-order valence-electron chi connectivity index (χ1n) is 13.2. The summed E-state index contributed by atoms with van der Waals surface area (Å²) in [5, 5.41) is 3.45. The van der Waals surface area contributed by atoms with Gasteiger partial charge in [0.25, 0.3) is 0 Å². The Morgan fingerprint density at radius 2 is 1.79 bits per heavy atom. The lowest BCUT2D eigenvalue weighted by atomic mass is 9.91. The summed E-state index contributed by atoms with van der Waals surface area (Å²) in [4.78, 5) is 17.7. The third-order valence-corrected chi connectivity index (χ3v) is 7.14. The third kappa shape index (κ3) is 4.63. The van der Waals surface area contributed by atoms with E-state index in [-0.39, 0.29) is 5.82 Å². The summed E-state index contributed by atoms with van der Waals surface area (Å²) in [6.07, 6.45) is 5.39. The van der Waals surface area contributed by atoms with Crippen molar-refractivity contribution in [3.05, 3.63) is 107 Å². The van der Waals surface area contributed by atoms with Crippen molar-refractivity contribution in [1.82, 2.24) is 20.3 Å². The van der Waals surface area contributed by atoms with Crippen LogP contribution in [0, 0.1) is 5.82 Å². The van der Waals surface area contributed by atoms with E-state index in [1.807, 2.05) is 6.07 Å². The van der Waals surface area contributed by atoms with E-state index in [4.69, 9.17) is 9.98 Å². The molecule has 0 fully saturated rings. The van der Waals surface area contributed by atoms with Crippen LogP contribution < -0.4 is 5.32 Å². The highest BCUT2D eigenvalue weighted by atomic mass is 19.1. The molecule has 5 nitrogen and oxygen atoms in total. The van der Waals surface area contributed by atoms with Crippen molar-refractivity contribution in [1.29, 1.82) is 0 Å². The van der Waals surface area contributed by atoms with E-state index in [0.29, 0.717) is 12.4 Å². The molecule has 3 aromatic carbocycles. The molecule has 6 heteroatoms. The smallest absolute Gasteiger partial charge is 0.157 e. The van der Waals surface area contributed by atoms with Crippen LogP contribution in [0.2, 0.25) is 0 Å². The van der Waals surface area contributed by atoms with Crippen molar-refractivity contribution in [2.24, 2.45) is 4.99 Å². The number of pyridine rings is 1. The summed E-state index contributed by atoms with van der Waals surface area (Å²) in [6, 6.07) is 20.1. The average Bonchev–Trinajstić information content (AvgIpc) is 3.39. The first kappa shape index (κ1) is 24.2. The Balaban J connectivity index is 1.42. The summed E-state index contributed by atoms with van der Waals surface area (Å²) < 4.78 is 14.0. The van der Waals surface area contributed by atoms with Crippen molar-refractivity contribution >= 4 is 16.7 Å². The number of rotatable bonds is 7. The fourth-order valence-electron chi connectivity index (χ4n) is 5.19. The van der Waals surface area contributed by atoms with Crippen molar-refractivity contribution in [2.75, 3.05) is 13.1 Å². The maximum absolute atomic E-state index is 14.0. The molecular formula is C32H30FN5. The normalized spacial score (nSPS) is 13.0. The monoisotopic (exact) mass is 503 g/mol. The zero-order valence-electron chi connectivity index (χ0n) is 21.7. The third-order valence-electron chi connectivity index (χ3n) is 7.14. The zero-order chi connectivity index (χ0) is 26.1. The number of fused-ring (bicyclic) bond motifs is 2. The Morgan fingerprint density at radius 3 is 2.63 bits per heavy atom. The van der Waals surface area contributed by atoms with E-state index < -0.39 is 0 Å². The molecule has 1 aliphatic heterocycles. The Hall–Kier alpha value is -4.16. The van der Waals surface area contributed by atoms with Gasteiger partial charge in [0, 0.05) is 30.4 Å². The number of hydrogen-bond donors (Lipinski definition) is 2. The highest BCUT2D eigenvalue weighted by molar-refractivity contribution is 6.14. The molecule has 5 aromatic rings. The van der Waals surface area contributed by atoms with E-state index in [2.05, 4.69) is 65.5 Å². The van der Waals surface area contributed by atoms with Crippen LogP contribution in [0.25, 0.3) is 33.3 Å². The molecule has 0 bridgehead atoms. The van der Waals surface area contributed by atoms with Crippen molar-refractivity contribution in [3.63, 3.8) is 0 Å². The van der Waals surface area contributed by atoms with Gasteiger partial charge < -0.3 is 10.3 Å². The molecular weight excluding hydrogens is 473 g/mol. The van der Waals surface area contributed by atoms with E-state index in [1.165, 1.54) is 39.9 Å². The van der Waals surface area contributed by atoms with Crippen LogP contribution in [0.1, 0.15) is 41.9 Å². The van der Waals surface area contributed by atoms with Crippen LogP contribution in [0.3, 0.4) is 0 Å². The number of imidazole rings is 1. The number of aromatic amines is 1. The highest BCUT2D eigenvalue weighted by Gasteiger charge is 2.21. The Bertz CT molecular complexity index is 1670. The number of hydrogen-bond acceptors (Lipinski definition) is 4. The largest absolute Gasteiger partial charge is 0.335 e. The highest BCUT2D eigenvalue weighted by Crippen LogP contribution is 2.31. The standard InChI is InChI=1S/C32H30FN5/c1-3-20-12-21(17-34-4-2)14-25(13-20)23-9-8-22-10-11-36-31(27(22)16-23)32-37-29-19-35-18-28(30(29)38-32)24-6-5-7-26(33)15-24/h5-9,12-16,18-19,34H,3-4,10-11,17H2,1-2H3,(H,37,38). The molecule has 0 saturated carbocycles. The maximum atomic E-state index is 14.0. The van der Waals surface area contributed by atoms with Gasteiger partial charge in [-0.3, -0.25) is 9.98 Å². The predicted octanol–water partition coefficient (Wildman–Crippen LogP) is 6.50. The molecule has 0 unspecified atom stereocenters. The molecule has 0 spiro atoms. The van der Waals surface area contributed by atoms with E-state index >= 15 is 0 Å². The first-order valence-corrected chi connectivity index (χ1v) is 13.2. The van der Waals surface area contributed by atoms with Crippen molar-refractivity contribution < 1.29 is 4.39 Å². The molecule has 2 aromatic heterocycles. The van der Waals surface area contributed by atoms with Gasteiger partial charge in [-0.05, 0) is 77.0 Å². The molecule has 0 saturated heterocycles. The molecule has 3 heterocycles. The van der Waals surface area contributed by atoms with E-state index in [1.54, 1.807) is 18.5 Å². The molecule has 0 amide bonds. The minimum Gasteiger partial charge on any atom is -0.335 e. The summed E-state index contributed by atoms with van der Waals surface area (Å²) in [5.41, 5.74) is 11.3. The lowest BCUT2D eigenvalue weighted by Gasteiger charge is -2.18. The Labute approximate surface area is 221 Å². The quantitative estimate of drug-likeness (QED) is 0.267. The number of nitrogens with one attached hydrogen (secondary N) is 2. The SMILES string of the molecule is CCNCc1cc(CC)cc(-c2ccc3c(c2)C(c2nc4c(-c5cccc(F)c5)cncc4[nH]2)=NCC3)c1. The lowest BCUT2D eigenvalue weighted by molar-refractivity contribution is 0.628. The molecule has 38 heavy (non-hydrogen) atoms. The Morgan fingerprint density at radius 1 is 0.895 bits per heavy atom. The van der Waals surface area contributed by atoms with E-state index in [9.17, 15) is 4.39 Å². The molecule has 0 atom stereocenters. The van der Waals surface area contributed by atoms with Gasteiger partial charge in [-0.2, -0.15) is 0 Å². The van der Waals surface area contributed by atoms with Crippen LogP contribution >= 0.6 is 0 Å². The van der Waals surface area contributed by atoms with Gasteiger partial charge in [0.1, 0.15) is 11.5 Å². The molecule has 1 aliphatic rings. The fourth-order valence-corrected chi connectivity index (χ4v) is 5.19. The topological polar surface area (TPSA) is 66.0 Å². The number of aryl methyl sites for hydroxylation is 1. The number of nitrogens with zero attached hydrogens (tertiary/aromatic N) is 3. The number of benzene rings is 3. The van der Waals surface area contributed by atoms with Crippen LogP contribution in [0.4, 0.5) is 4.39 Å². The van der Waals surface area contributed by atoms with Crippen LogP contribution in [-0.2, 0) is 19.4 Å². The van der Waals surface area contributed by atoms with Crippen molar-refractivity contribution in [3.8, 4) is 22.3 Å². The fraction of sp³-hybridized carbons (Fsp3) is 0.219. The zero-order valence-corrected chi connectivity index (χ0v) is 21.7. The summed E-state index contributed by atoms with van der Waals surface area (Å²) >= 11 is 0. The van der Waals surface area contributed by atoms with Gasteiger partial charge in [-0.15, -0.1) is 0 Å². The molecule has 2 N–H and O–H groups in total. The first-order chi connectivity index (χ1) is 18.6. The lowest BCUT2D eigenvalue weighted by Crippen LogP contribution is -2.15. The van der Waals surface area contributed by atoms with Gasteiger partial charge in [0.15, 0.2) is 5.82 Å². The molecule has 0 radical (unpaired) electrons. The number of aliphatic imine (C=N–C) groups is 1. The minimum absolute atomic E-state index is 0.283. The van der Waals surface area contributed by atoms with Crippen molar-refractivity contribution in [2.45, 2.75) is 33.2 Å². The minimum atomic E-state index is -0.283. The molecule has 6 rings (SSSR count). The van der Waals surface area contributed by atoms with Crippen LogP contribution in [-0.4, -0.2) is 33.8 Å². The number of aromatic nitrogens is 3. The molecule has 0 aliphatic carbocycles. The predicted molar refractivity (Wildman–Crippen MR) is 152 cm³/mol. The van der Waals surface area contributed by atoms with Gasteiger partial charge in [0.2, 0.25) is 0 Å². The van der Waals surface area contributed by atoms with Gasteiger partial charge >= 0.3 is 0 Å².